The maximum absolute atomic E-state index is 13.7. The molecule has 3 aliphatic heterocycles. The van der Waals surface area contributed by atoms with Crippen molar-refractivity contribution in [1.82, 2.24) is 10.3 Å². The number of ether oxygens (including phenoxy) is 2. The number of nitrogens with zero attached hydrogens (tertiary/aromatic N) is 1. The molecule has 218 valence electrons. The second-order valence-electron chi connectivity index (χ2n) is 12.7. The summed E-state index contributed by atoms with van der Waals surface area (Å²) in [5.41, 5.74) is -0.121. The number of aryl methyl sites for hydroxylation is 1. The predicted molar refractivity (Wildman–Crippen MR) is 151 cm³/mol. The lowest BCUT2D eigenvalue weighted by Crippen LogP contribution is -2.50. The number of ketones is 1. The normalized spacial score (nSPS) is 40.1. The summed E-state index contributed by atoms with van der Waals surface area (Å²) < 4.78 is 11.9. The van der Waals surface area contributed by atoms with Crippen LogP contribution in [0.25, 0.3) is 6.08 Å². The molecule has 3 fully saturated rings. The number of carbonyl (C=O) groups is 2. The number of hydrogen-bond acceptors (Lipinski definition) is 8. The van der Waals surface area contributed by atoms with Crippen molar-refractivity contribution in [3.05, 3.63) is 21.7 Å². The molecule has 8 nitrogen and oxygen atoms in total. The Balaban J connectivity index is 1.64. The highest BCUT2D eigenvalue weighted by atomic mass is 32.1. The van der Waals surface area contributed by atoms with E-state index in [1.807, 2.05) is 32.2 Å². The third kappa shape index (κ3) is 6.32. The summed E-state index contributed by atoms with van der Waals surface area (Å²) >= 11 is 1.58. The minimum Gasteiger partial charge on any atom is -0.392 e. The molecule has 3 unspecified atom stereocenters. The van der Waals surface area contributed by atoms with Crippen molar-refractivity contribution in [2.45, 2.75) is 123 Å². The van der Waals surface area contributed by atoms with Crippen molar-refractivity contribution in [2.24, 2.45) is 17.3 Å². The lowest BCUT2D eigenvalue weighted by atomic mass is 9.71. The molecule has 0 bridgehead atoms. The molecule has 4 heterocycles. The van der Waals surface area contributed by atoms with Gasteiger partial charge in [0, 0.05) is 11.8 Å². The number of aliphatic hydroxyl groups is 2. The average molecular weight is 563 g/mol. The van der Waals surface area contributed by atoms with E-state index in [0.29, 0.717) is 13.0 Å². The first-order valence-electron chi connectivity index (χ1n) is 14.3. The largest absolute Gasteiger partial charge is 0.392 e. The van der Waals surface area contributed by atoms with Gasteiger partial charge >= 0.3 is 0 Å². The van der Waals surface area contributed by atoms with Crippen LogP contribution < -0.4 is 5.32 Å². The van der Waals surface area contributed by atoms with Crippen LogP contribution in [0.15, 0.2) is 11.0 Å². The molecule has 1 aromatic rings. The number of rotatable bonds is 4. The van der Waals surface area contributed by atoms with E-state index in [-0.39, 0.29) is 47.4 Å². The van der Waals surface area contributed by atoms with Gasteiger partial charge in [0.25, 0.3) is 0 Å². The predicted octanol–water partition coefficient (Wildman–Crippen LogP) is 4.21. The molecule has 0 aliphatic carbocycles. The molecule has 1 amide bonds. The zero-order chi connectivity index (χ0) is 28.8. The van der Waals surface area contributed by atoms with E-state index in [1.54, 1.807) is 25.2 Å². The van der Waals surface area contributed by atoms with E-state index in [4.69, 9.17) is 9.47 Å². The quantitative estimate of drug-likeness (QED) is 0.470. The van der Waals surface area contributed by atoms with Gasteiger partial charge in [0.1, 0.15) is 5.78 Å². The van der Waals surface area contributed by atoms with Crippen LogP contribution in [0.4, 0.5) is 0 Å². The van der Waals surface area contributed by atoms with Gasteiger partial charge in [-0.05, 0) is 57.6 Å². The molecular weight excluding hydrogens is 516 g/mol. The number of Topliss-reactive ketones (excluding diaryl/α,β-unsaturated/α-hetero) is 1. The van der Waals surface area contributed by atoms with Crippen LogP contribution in [0.2, 0.25) is 0 Å². The summed E-state index contributed by atoms with van der Waals surface area (Å²) in [6.07, 6.45) is 3.18. The smallest absolute Gasteiger partial charge is 0.223 e. The first kappa shape index (κ1) is 30.3. The first-order chi connectivity index (χ1) is 18.2. The monoisotopic (exact) mass is 562 g/mol. The van der Waals surface area contributed by atoms with Crippen molar-refractivity contribution >= 4 is 29.1 Å². The highest BCUT2D eigenvalue weighted by Crippen LogP contribution is 2.56. The van der Waals surface area contributed by atoms with E-state index in [0.717, 1.165) is 42.0 Å². The molecule has 1 aromatic heterocycles. The summed E-state index contributed by atoms with van der Waals surface area (Å²) in [4.78, 5) is 31.6. The van der Waals surface area contributed by atoms with Crippen molar-refractivity contribution in [2.75, 3.05) is 6.61 Å². The molecule has 3 aliphatic rings. The number of epoxide rings is 2. The zero-order valence-corrected chi connectivity index (χ0v) is 25.3. The summed E-state index contributed by atoms with van der Waals surface area (Å²) in [6, 6.07) is -0.312. The fraction of sp³-hybridized carbons (Fsp3) is 0.767. The van der Waals surface area contributed by atoms with Crippen LogP contribution in [-0.4, -0.2) is 69.1 Å². The lowest BCUT2D eigenvalue weighted by Gasteiger charge is -2.36. The molecule has 3 N–H and O–H groups in total. The topological polar surface area (TPSA) is 125 Å². The molecule has 8 atom stereocenters. The highest BCUT2D eigenvalue weighted by molar-refractivity contribution is 7.09. The number of carbonyl (C=O) groups excluding carboxylic acids is 2. The van der Waals surface area contributed by atoms with Crippen LogP contribution in [-0.2, 0) is 19.1 Å². The van der Waals surface area contributed by atoms with Crippen molar-refractivity contribution in [3.63, 3.8) is 0 Å². The third-order valence-electron chi connectivity index (χ3n) is 9.52. The van der Waals surface area contributed by atoms with E-state index in [2.05, 4.69) is 24.1 Å². The Morgan fingerprint density at radius 1 is 1.28 bits per heavy atom. The molecule has 4 rings (SSSR count). The lowest BCUT2D eigenvalue weighted by molar-refractivity contribution is -0.145. The van der Waals surface area contributed by atoms with Gasteiger partial charge in [0.05, 0.1) is 70.6 Å². The van der Waals surface area contributed by atoms with Gasteiger partial charge in [-0.2, -0.15) is 0 Å². The minimum absolute atomic E-state index is 0.120. The van der Waals surface area contributed by atoms with Gasteiger partial charge in [-0.15, -0.1) is 11.3 Å². The molecule has 0 radical (unpaired) electrons. The first-order valence-corrected chi connectivity index (χ1v) is 15.2. The summed E-state index contributed by atoms with van der Waals surface area (Å²) in [5.74, 6) is -1.44. The zero-order valence-electron chi connectivity index (χ0n) is 24.5. The Morgan fingerprint density at radius 3 is 2.56 bits per heavy atom. The standard InChI is InChI=1S/C30H46N2O6S/c1-8-30-14-21(18(3)12-20-16-39-19(4)31-20)32-24(34)13-23(33)28(5,6)27(36)25(22-15-37-22)26(35)17(2)10-9-11-29(30,7)38-30/h12,16-17,21-23,25-26,33,35H,8-11,13-15H2,1-7H3,(H,32,34)/t17-,21-,22?,23-,25-,26+,29?,30?/m0/s1. The van der Waals surface area contributed by atoms with E-state index >= 15 is 0 Å². The second kappa shape index (κ2) is 11.3. The van der Waals surface area contributed by atoms with Gasteiger partial charge < -0.3 is 25.0 Å². The van der Waals surface area contributed by atoms with Crippen LogP contribution in [0.5, 0.6) is 0 Å². The molecule has 3 saturated heterocycles. The SMILES string of the molecule is CCC12C[C@@H](C(C)=Cc3csc(C)n3)NC(=O)C[C@H](O)C(C)(C)C(=O)[C@@H](C3CO3)[C@H](O)[C@@H](C)CCCC1(C)O2. The van der Waals surface area contributed by atoms with Gasteiger partial charge in [0.15, 0.2) is 0 Å². The molecular formula is C30H46N2O6S. The van der Waals surface area contributed by atoms with Gasteiger partial charge in [0.2, 0.25) is 5.91 Å². The number of hydrogen-bond donors (Lipinski definition) is 3. The maximum Gasteiger partial charge on any atom is 0.223 e. The van der Waals surface area contributed by atoms with Crippen molar-refractivity contribution in [1.29, 1.82) is 0 Å². The molecule has 0 spiro atoms. The average Bonchev–Trinajstić information content (AvgIpc) is 3.75. The Kier molecular flexibility index (Phi) is 8.80. The Morgan fingerprint density at radius 2 is 1.97 bits per heavy atom. The van der Waals surface area contributed by atoms with Gasteiger partial charge in [-0.3, -0.25) is 9.59 Å². The second-order valence-corrected chi connectivity index (χ2v) is 13.8. The maximum atomic E-state index is 13.7. The minimum atomic E-state index is -1.23. The third-order valence-corrected chi connectivity index (χ3v) is 10.3. The Labute approximate surface area is 236 Å². The molecule has 39 heavy (non-hydrogen) atoms. The fourth-order valence-electron chi connectivity index (χ4n) is 6.34. The number of amides is 1. The number of nitrogens with one attached hydrogen (secondary N) is 1. The summed E-state index contributed by atoms with van der Waals surface area (Å²) in [7, 11) is 0. The van der Waals surface area contributed by atoms with Crippen molar-refractivity contribution < 1.29 is 29.3 Å². The van der Waals surface area contributed by atoms with Gasteiger partial charge in [-0.1, -0.05) is 34.1 Å². The number of thiazole rings is 1. The van der Waals surface area contributed by atoms with Crippen LogP contribution in [0, 0.1) is 24.2 Å². The summed E-state index contributed by atoms with van der Waals surface area (Å²) in [5, 5.41) is 28.5. The van der Waals surface area contributed by atoms with E-state index < -0.39 is 23.5 Å². The van der Waals surface area contributed by atoms with E-state index in [1.165, 1.54) is 0 Å². The Hall–Kier alpha value is -1.65. The van der Waals surface area contributed by atoms with Crippen molar-refractivity contribution in [3.8, 4) is 0 Å². The molecule has 9 heteroatoms. The number of aliphatic hydroxyl groups excluding tert-OH is 2. The summed E-state index contributed by atoms with van der Waals surface area (Å²) in [6.45, 7) is 13.9. The molecule has 0 aromatic carbocycles. The van der Waals surface area contributed by atoms with Gasteiger partial charge in [-0.25, -0.2) is 4.98 Å². The van der Waals surface area contributed by atoms with Crippen LogP contribution in [0.1, 0.15) is 90.8 Å². The van der Waals surface area contributed by atoms with Crippen LogP contribution >= 0.6 is 11.3 Å². The van der Waals surface area contributed by atoms with E-state index in [9.17, 15) is 19.8 Å². The fourth-order valence-corrected chi connectivity index (χ4v) is 6.91. The van der Waals surface area contributed by atoms with Crippen LogP contribution in [0.3, 0.4) is 0 Å². The Bertz CT molecular complexity index is 1100. The number of fused-ring (bicyclic) bond motifs is 1. The number of aromatic nitrogens is 1. The highest BCUT2D eigenvalue weighted by Gasteiger charge is 2.65. The molecule has 0 saturated carbocycles.